The smallest absolute Gasteiger partial charge is 0.256 e. The Bertz CT molecular complexity index is 1360. The average Bonchev–Trinajstić information content (AvgIpc) is 2.83. The molecule has 0 amide bonds. The number of halogens is 2. The molecule has 2 aromatic heterocycles. The second-order valence-corrected chi connectivity index (χ2v) is 7.86. The number of aliphatic hydroxyl groups is 2. The molecule has 0 unspecified atom stereocenters. The second-order valence-electron chi connectivity index (χ2n) is 7.02. The molecule has 0 aliphatic carbocycles. The summed E-state index contributed by atoms with van der Waals surface area (Å²) in [6, 6.07) is 13.5. The Hall–Kier alpha value is -3.34. The molecule has 2 aromatic carbocycles. The number of anilines is 1. The van der Waals surface area contributed by atoms with Gasteiger partial charge in [-0.3, -0.25) is 9.36 Å². The van der Waals surface area contributed by atoms with E-state index in [0.717, 1.165) is 27.2 Å². The highest BCUT2D eigenvalue weighted by atomic mass is 32.2. The molecular weight excluding hydrogens is 450 g/mol. The number of hydrogen-bond donors (Lipinski definition) is 2. The third-order valence-corrected chi connectivity index (χ3v) is 5.88. The van der Waals surface area contributed by atoms with E-state index < -0.39 is 29.6 Å². The normalized spacial score (nSPS) is 11.2. The van der Waals surface area contributed by atoms with Crippen LogP contribution in [0.3, 0.4) is 0 Å². The Labute approximate surface area is 192 Å². The molecule has 0 aliphatic rings. The fourth-order valence-corrected chi connectivity index (χ4v) is 4.16. The van der Waals surface area contributed by atoms with Crippen LogP contribution >= 0.6 is 11.8 Å². The summed E-state index contributed by atoms with van der Waals surface area (Å²) in [5, 5.41) is 19.6. The van der Waals surface area contributed by atoms with Gasteiger partial charge in [0, 0.05) is 28.5 Å². The third-order valence-electron chi connectivity index (χ3n) is 5.09. The highest BCUT2D eigenvalue weighted by Gasteiger charge is 2.22. The van der Waals surface area contributed by atoms with Gasteiger partial charge < -0.3 is 15.1 Å². The topological polar surface area (TPSA) is 91.5 Å². The monoisotopic (exact) mass is 470 g/mol. The lowest BCUT2D eigenvalue weighted by atomic mass is 10.1. The number of rotatable bonds is 7. The Morgan fingerprint density at radius 2 is 1.73 bits per heavy atom. The molecule has 4 rings (SSSR count). The first-order valence-electron chi connectivity index (χ1n) is 9.98. The van der Waals surface area contributed by atoms with Crippen LogP contribution in [-0.2, 0) is 0 Å². The van der Waals surface area contributed by atoms with Crippen molar-refractivity contribution >= 4 is 28.7 Å². The van der Waals surface area contributed by atoms with E-state index in [9.17, 15) is 23.8 Å². The van der Waals surface area contributed by atoms with E-state index >= 15 is 0 Å². The Balaban J connectivity index is 2.16. The van der Waals surface area contributed by atoms with Crippen molar-refractivity contribution in [3.63, 3.8) is 0 Å². The highest BCUT2D eigenvalue weighted by molar-refractivity contribution is 7.98. The molecule has 4 aromatic rings. The number of aliphatic hydroxyl groups excluding tert-OH is 2. The lowest BCUT2D eigenvalue weighted by molar-refractivity contribution is 0.256. The summed E-state index contributed by atoms with van der Waals surface area (Å²) in [6.45, 7) is -0.792. The lowest BCUT2D eigenvalue weighted by Crippen LogP contribution is -2.30. The van der Waals surface area contributed by atoms with Gasteiger partial charge in [0.25, 0.3) is 5.56 Å². The third kappa shape index (κ3) is 4.20. The van der Waals surface area contributed by atoms with Crippen molar-refractivity contribution in [2.75, 3.05) is 31.0 Å². The van der Waals surface area contributed by atoms with E-state index in [4.69, 9.17) is 0 Å². The van der Waals surface area contributed by atoms with E-state index in [1.54, 1.807) is 0 Å². The summed E-state index contributed by atoms with van der Waals surface area (Å²) < 4.78 is 30.3. The van der Waals surface area contributed by atoms with Crippen molar-refractivity contribution in [3.05, 3.63) is 76.6 Å². The van der Waals surface area contributed by atoms with Gasteiger partial charge >= 0.3 is 0 Å². The molecule has 0 saturated carbocycles. The minimum absolute atomic E-state index is 0.000976. The number of aromatic nitrogens is 3. The fourth-order valence-electron chi connectivity index (χ4n) is 3.56. The van der Waals surface area contributed by atoms with Crippen LogP contribution in [0.2, 0.25) is 0 Å². The summed E-state index contributed by atoms with van der Waals surface area (Å²) in [5.74, 6) is -1.85. The highest BCUT2D eigenvalue weighted by Crippen LogP contribution is 2.34. The van der Waals surface area contributed by atoms with E-state index in [2.05, 4.69) is 9.97 Å². The standard InChI is InChI=1S/C23H20F2N4O3S/c1-33-18-8-3-2-5-14(18)20-15-9-10-19(32)29(21-16(24)6-4-7-17(21)25)22(15)27-23(26-20)28(13-31)11-12-30/h2-10,30-31H,11-13H2,1H3. The van der Waals surface area contributed by atoms with E-state index in [1.807, 2.05) is 30.5 Å². The van der Waals surface area contributed by atoms with Gasteiger partial charge in [0.05, 0.1) is 12.3 Å². The summed E-state index contributed by atoms with van der Waals surface area (Å²) in [6.07, 6.45) is 1.90. The number of benzene rings is 2. The minimum Gasteiger partial charge on any atom is -0.395 e. The van der Waals surface area contributed by atoms with Crippen molar-refractivity contribution in [3.8, 4) is 16.9 Å². The number of pyridine rings is 1. The van der Waals surface area contributed by atoms with Crippen LogP contribution in [0.5, 0.6) is 0 Å². The summed E-state index contributed by atoms with van der Waals surface area (Å²) in [7, 11) is 0. The maximum atomic E-state index is 14.7. The van der Waals surface area contributed by atoms with Crippen LogP contribution in [0.1, 0.15) is 0 Å². The van der Waals surface area contributed by atoms with Gasteiger partial charge in [-0.2, -0.15) is 4.98 Å². The second kappa shape index (κ2) is 9.65. The molecule has 2 N–H and O–H groups in total. The average molecular weight is 471 g/mol. The maximum Gasteiger partial charge on any atom is 0.256 e. The van der Waals surface area contributed by atoms with E-state index in [-0.39, 0.29) is 24.7 Å². The molecule has 7 nitrogen and oxygen atoms in total. The number of thioether (sulfide) groups is 1. The van der Waals surface area contributed by atoms with Crippen molar-refractivity contribution in [1.82, 2.24) is 14.5 Å². The van der Waals surface area contributed by atoms with Gasteiger partial charge in [0.1, 0.15) is 24.1 Å². The van der Waals surface area contributed by atoms with E-state index in [0.29, 0.717) is 11.1 Å². The predicted octanol–water partition coefficient (Wildman–Crippen LogP) is 3.20. The van der Waals surface area contributed by atoms with Crippen LogP contribution in [0.15, 0.2) is 64.3 Å². The predicted molar refractivity (Wildman–Crippen MR) is 124 cm³/mol. The van der Waals surface area contributed by atoms with Crippen LogP contribution in [-0.4, -0.2) is 50.9 Å². The first kappa shape index (κ1) is 22.8. The number of hydrogen-bond acceptors (Lipinski definition) is 7. The molecule has 170 valence electrons. The molecule has 10 heteroatoms. The molecule has 0 bridgehead atoms. The SMILES string of the molecule is CSc1ccccc1-c1nc(N(CO)CCO)nc2c1ccc(=O)n2-c1c(F)cccc1F. The molecule has 0 fully saturated rings. The van der Waals surface area contributed by atoms with Gasteiger partial charge in [-0.15, -0.1) is 11.8 Å². The Kier molecular flexibility index (Phi) is 6.68. The van der Waals surface area contributed by atoms with Crippen LogP contribution < -0.4 is 10.5 Å². The van der Waals surface area contributed by atoms with Crippen molar-refractivity contribution in [2.45, 2.75) is 4.90 Å². The summed E-state index contributed by atoms with van der Waals surface area (Å²) in [4.78, 5) is 24.0. The molecule has 0 atom stereocenters. The van der Waals surface area contributed by atoms with E-state index in [1.165, 1.54) is 34.9 Å². The largest absolute Gasteiger partial charge is 0.395 e. The van der Waals surface area contributed by atoms with Crippen LogP contribution in [0.25, 0.3) is 28.0 Å². The van der Waals surface area contributed by atoms with Gasteiger partial charge in [0.15, 0.2) is 5.65 Å². The molecule has 0 saturated heterocycles. The molecule has 0 spiro atoms. The fraction of sp³-hybridized carbons (Fsp3) is 0.174. The van der Waals surface area contributed by atoms with Crippen LogP contribution in [0.4, 0.5) is 14.7 Å². The Morgan fingerprint density at radius 1 is 1.00 bits per heavy atom. The van der Waals surface area contributed by atoms with Gasteiger partial charge in [-0.1, -0.05) is 24.3 Å². The van der Waals surface area contributed by atoms with Gasteiger partial charge in [-0.25, -0.2) is 13.8 Å². The van der Waals surface area contributed by atoms with Crippen molar-refractivity contribution < 1.29 is 19.0 Å². The number of fused-ring (bicyclic) bond motifs is 1. The Morgan fingerprint density at radius 3 is 2.39 bits per heavy atom. The van der Waals surface area contributed by atoms with Crippen LogP contribution in [0, 0.1) is 11.6 Å². The summed E-state index contributed by atoms with van der Waals surface area (Å²) in [5.41, 5.74) is -0.127. The van der Waals surface area contributed by atoms with Crippen molar-refractivity contribution in [2.24, 2.45) is 0 Å². The number of nitrogens with zero attached hydrogens (tertiary/aromatic N) is 4. The number of para-hydroxylation sites is 1. The molecular formula is C23H20F2N4O3S. The first-order valence-corrected chi connectivity index (χ1v) is 11.2. The molecule has 33 heavy (non-hydrogen) atoms. The molecule has 0 radical (unpaired) electrons. The zero-order chi connectivity index (χ0) is 23.5. The van der Waals surface area contributed by atoms with Gasteiger partial charge in [-0.05, 0) is 30.5 Å². The minimum atomic E-state index is -0.926. The van der Waals surface area contributed by atoms with Crippen molar-refractivity contribution in [1.29, 1.82) is 0 Å². The first-order chi connectivity index (χ1) is 16.0. The summed E-state index contributed by atoms with van der Waals surface area (Å²) >= 11 is 1.49. The molecule has 2 heterocycles. The maximum absolute atomic E-state index is 14.7. The lowest BCUT2D eigenvalue weighted by Gasteiger charge is -2.21. The zero-order valence-electron chi connectivity index (χ0n) is 17.6. The quantitative estimate of drug-likeness (QED) is 0.317. The molecule has 0 aliphatic heterocycles. The van der Waals surface area contributed by atoms with Gasteiger partial charge in [0.2, 0.25) is 5.95 Å². The zero-order valence-corrected chi connectivity index (χ0v) is 18.4.